The summed E-state index contributed by atoms with van der Waals surface area (Å²) in [5.41, 5.74) is -0.386. The van der Waals surface area contributed by atoms with Crippen LogP contribution in [-0.2, 0) is 4.74 Å². The number of aliphatic hydroxyl groups excluding tert-OH is 2. The van der Waals surface area contributed by atoms with Gasteiger partial charge in [-0.3, -0.25) is 5.32 Å². The van der Waals surface area contributed by atoms with Crippen LogP contribution in [0.3, 0.4) is 0 Å². The van der Waals surface area contributed by atoms with Crippen LogP contribution in [0.25, 0.3) is 0 Å². The zero-order valence-electron chi connectivity index (χ0n) is 10.6. The normalized spacial score (nSPS) is 20.8. The summed E-state index contributed by atoms with van der Waals surface area (Å²) in [7, 11) is 0. The molecule has 4 heteroatoms. The van der Waals surface area contributed by atoms with Crippen LogP contribution in [0.15, 0.2) is 0 Å². The van der Waals surface area contributed by atoms with Crippen molar-refractivity contribution in [2.45, 2.75) is 64.5 Å². The Bertz CT molecular complexity index is 199. The fourth-order valence-corrected chi connectivity index (χ4v) is 1.64. The zero-order valence-corrected chi connectivity index (χ0v) is 10.6. The molecule has 1 saturated carbocycles. The van der Waals surface area contributed by atoms with Crippen molar-refractivity contribution < 1.29 is 14.9 Å². The lowest BCUT2D eigenvalue weighted by Gasteiger charge is -2.27. The van der Waals surface area contributed by atoms with Crippen molar-refractivity contribution >= 4 is 0 Å². The summed E-state index contributed by atoms with van der Waals surface area (Å²) in [4.78, 5) is 0. The second-order valence-corrected chi connectivity index (χ2v) is 5.65. The van der Waals surface area contributed by atoms with Crippen molar-refractivity contribution in [1.29, 1.82) is 0 Å². The molecule has 2 atom stereocenters. The fraction of sp³-hybridized carbons (Fsp3) is 1.00. The third-order valence-corrected chi connectivity index (χ3v) is 2.68. The van der Waals surface area contributed by atoms with Crippen molar-refractivity contribution in [2.24, 2.45) is 5.92 Å². The molecule has 16 heavy (non-hydrogen) atoms. The van der Waals surface area contributed by atoms with Gasteiger partial charge in [-0.15, -0.1) is 0 Å². The second kappa shape index (κ2) is 5.96. The molecular formula is C12H25NO3. The van der Waals surface area contributed by atoms with Crippen LogP contribution in [0, 0.1) is 5.92 Å². The third-order valence-electron chi connectivity index (χ3n) is 2.68. The van der Waals surface area contributed by atoms with Crippen LogP contribution >= 0.6 is 0 Å². The van der Waals surface area contributed by atoms with Gasteiger partial charge in [-0.05, 0) is 39.5 Å². The highest BCUT2D eigenvalue weighted by Gasteiger charge is 2.24. The molecule has 1 unspecified atom stereocenters. The quantitative estimate of drug-likeness (QED) is 0.577. The Kier molecular flexibility index (Phi) is 5.18. The number of aliphatic hydroxyl groups is 2. The highest BCUT2D eigenvalue weighted by Crippen LogP contribution is 2.33. The molecule has 4 nitrogen and oxygen atoms in total. The van der Waals surface area contributed by atoms with Gasteiger partial charge in [0.15, 0.2) is 0 Å². The predicted molar refractivity (Wildman–Crippen MR) is 62.8 cm³/mol. The Morgan fingerprint density at radius 1 is 1.38 bits per heavy atom. The number of hydrogen-bond acceptors (Lipinski definition) is 4. The number of rotatable bonds is 7. The van der Waals surface area contributed by atoms with Gasteiger partial charge in [-0.2, -0.15) is 0 Å². The molecule has 0 spiro atoms. The van der Waals surface area contributed by atoms with E-state index >= 15 is 0 Å². The summed E-state index contributed by atoms with van der Waals surface area (Å²) >= 11 is 0. The van der Waals surface area contributed by atoms with Crippen molar-refractivity contribution in [3.05, 3.63) is 0 Å². The highest BCUT2D eigenvalue weighted by molar-refractivity contribution is 4.76. The van der Waals surface area contributed by atoms with Gasteiger partial charge in [0.05, 0.1) is 12.2 Å². The van der Waals surface area contributed by atoms with Gasteiger partial charge in [0.1, 0.15) is 0 Å². The lowest BCUT2D eigenvalue weighted by Crippen LogP contribution is -2.45. The maximum absolute atomic E-state index is 9.62. The molecule has 3 N–H and O–H groups in total. The van der Waals surface area contributed by atoms with E-state index in [4.69, 9.17) is 4.74 Å². The van der Waals surface area contributed by atoms with Crippen LogP contribution in [0.4, 0.5) is 0 Å². The maximum Gasteiger partial charge on any atom is 0.214 e. The van der Waals surface area contributed by atoms with Gasteiger partial charge >= 0.3 is 0 Å². The molecule has 0 aromatic carbocycles. The lowest BCUT2D eigenvalue weighted by atomic mass is 10.1. The first kappa shape index (κ1) is 13.9. The van der Waals surface area contributed by atoms with Crippen molar-refractivity contribution in [3.63, 3.8) is 0 Å². The summed E-state index contributed by atoms with van der Waals surface area (Å²) in [5.74, 6) is 0.844. The largest absolute Gasteiger partial charge is 0.395 e. The highest BCUT2D eigenvalue weighted by atomic mass is 16.6. The molecule has 0 aliphatic heterocycles. The minimum atomic E-state index is -1.00. The van der Waals surface area contributed by atoms with Gasteiger partial charge in [0.25, 0.3) is 0 Å². The number of ether oxygens (including phenoxy) is 1. The van der Waals surface area contributed by atoms with Gasteiger partial charge < -0.3 is 14.9 Å². The number of nitrogens with one attached hydrogen (secondary N) is 1. The van der Waals surface area contributed by atoms with Crippen LogP contribution in [-0.4, -0.2) is 34.9 Å². The topological polar surface area (TPSA) is 61.7 Å². The Balaban J connectivity index is 2.19. The summed E-state index contributed by atoms with van der Waals surface area (Å²) in [6.07, 6.45) is 3.65. The average Bonchev–Trinajstić information content (AvgIpc) is 2.92. The van der Waals surface area contributed by atoms with Gasteiger partial charge in [0.2, 0.25) is 6.41 Å². The Hall–Kier alpha value is -0.160. The molecule has 0 bridgehead atoms. The van der Waals surface area contributed by atoms with Crippen LogP contribution < -0.4 is 5.32 Å². The zero-order chi connectivity index (χ0) is 12.2. The molecule has 1 aliphatic carbocycles. The maximum atomic E-state index is 9.62. The summed E-state index contributed by atoms with van der Waals surface area (Å²) in [6, 6.07) is -0.0713. The first-order valence-corrected chi connectivity index (χ1v) is 6.13. The van der Waals surface area contributed by atoms with Crippen molar-refractivity contribution in [2.75, 3.05) is 6.61 Å². The molecule has 0 saturated heterocycles. The van der Waals surface area contributed by atoms with Crippen molar-refractivity contribution in [3.8, 4) is 0 Å². The summed E-state index contributed by atoms with van der Waals surface area (Å²) in [6.45, 7) is 5.69. The van der Waals surface area contributed by atoms with Gasteiger partial charge in [0, 0.05) is 6.04 Å². The Labute approximate surface area is 98.0 Å². The van der Waals surface area contributed by atoms with E-state index in [0.29, 0.717) is 0 Å². The SMILES string of the molecule is CC(C)(C)OC(O)N[C@H](CO)CCC1CC1. The van der Waals surface area contributed by atoms with Crippen LogP contribution in [0.2, 0.25) is 0 Å². The van der Waals surface area contributed by atoms with E-state index < -0.39 is 6.41 Å². The van der Waals surface area contributed by atoms with E-state index in [9.17, 15) is 10.2 Å². The molecule has 1 fully saturated rings. The molecule has 0 radical (unpaired) electrons. The van der Waals surface area contributed by atoms with Gasteiger partial charge in [-0.1, -0.05) is 12.8 Å². The summed E-state index contributed by atoms with van der Waals surface area (Å²) < 4.78 is 5.33. The average molecular weight is 231 g/mol. The standard InChI is InChI=1S/C12H25NO3/c1-12(2,3)16-11(15)13-10(8-14)7-6-9-4-5-9/h9-11,13-15H,4-8H2,1-3H3/t10-,11?/m0/s1. The summed E-state index contributed by atoms with van der Waals surface area (Å²) in [5, 5.41) is 21.7. The van der Waals surface area contributed by atoms with E-state index in [1.54, 1.807) is 0 Å². The molecule has 0 amide bonds. The van der Waals surface area contributed by atoms with E-state index in [-0.39, 0.29) is 18.2 Å². The molecule has 0 heterocycles. The lowest BCUT2D eigenvalue weighted by molar-refractivity contribution is -0.187. The molecule has 1 rings (SSSR count). The van der Waals surface area contributed by atoms with E-state index in [1.807, 2.05) is 20.8 Å². The van der Waals surface area contributed by atoms with E-state index in [1.165, 1.54) is 12.8 Å². The smallest absolute Gasteiger partial charge is 0.214 e. The monoisotopic (exact) mass is 231 g/mol. The van der Waals surface area contributed by atoms with E-state index in [2.05, 4.69) is 5.32 Å². The molecular weight excluding hydrogens is 206 g/mol. The Morgan fingerprint density at radius 2 is 2.00 bits per heavy atom. The van der Waals surface area contributed by atoms with Crippen molar-refractivity contribution in [1.82, 2.24) is 5.32 Å². The predicted octanol–water partition coefficient (Wildman–Crippen LogP) is 1.22. The minimum absolute atomic E-state index is 0.0390. The third kappa shape index (κ3) is 6.43. The molecule has 96 valence electrons. The van der Waals surface area contributed by atoms with Crippen LogP contribution in [0.5, 0.6) is 0 Å². The fourth-order valence-electron chi connectivity index (χ4n) is 1.64. The molecule has 0 aromatic rings. The van der Waals surface area contributed by atoms with E-state index in [0.717, 1.165) is 18.8 Å². The first-order chi connectivity index (χ1) is 7.40. The molecule has 1 aliphatic rings. The number of hydrogen-bond donors (Lipinski definition) is 3. The van der Waals surface area contributed by atoms with Crippen LogP contribution in [0.1, 0.15) is 46.5 Å². The Morgan fingerprint density at radius 3 is 2.44 bits per heavy atom. The van der Waals surface area contributed by atoms with Gasteiger partial charge in [-0.25, -0.2) is 0 Å². The minimum Gasteiger partial charge on any atom is -0.395 e. The first-order valence-electron chi connectivity index (χ1n) is 6.13. The molecule has 0 aromatic heterocycles. The second-order valence-electron chi connectivity index (χ2n) is 5.65.